The van der Waals surface area contributed by atoms with Gasteiger partial charge in [-0.05, 0) is 30.4 Å². The first-order valence-electron chi connectivity index (χ1n) is 6.96. The second-order valence-electron chi connectivity index (χ2n) is 5.52. The van der Waals surface area contributed by atoms with Crippen molar-refractivity contribution in [2.45, 2.75) is 12.8 Å². The number of amides is 2. The van der Waals surface area contributed by atoms with Crippen molar-refractivity contribution < 1.29 is 14.7 Å². The first kappa shape index (κ1) is 13.2. The number of fused-ring (bicyclic) bond motifs is 5. The van der Waals surface area contributed by atoms with Gasteiger partial charge in [0.1, 0.15) is 0 Å². The molecule has 0 radical (unpaired) electrons. The predicted octanol–water partition coefficient (Wildman–Crippen LogP) is 0.909. The summed E-state index contributed by atoms with van der Waals surface area (Å²) in [5.41, 5.74) is 0. The summed E-state index contributed by atoms with van der Waals surface area (Å²) in [6, 6.07) is 0. The number of imide groups is 1. The fourth-order valence-corrected chi connectivity index (χ4v) is 4.46. The number of allylic oxidation sites excluding steroid dienone is 2. The van der Waals surface area contributed by atoms with Gasteiger partial charge in [-0.1, -0.05) is 12.2 Å². The van der Waals surface area contributed by atoms with E-state index in [1.54, 1.807) is 11.8 Å². The van der Waals surface area contributed by atoms with E-state index in [2.05, 4.69) is 12.2 Å². The Kier molecular flexibility index (Phi) is 3.67. The van der Waals surface area contributed by atoms with Gasteiger partial charge in [-0.3, -0.25) is 14.5 Å². The van der Waals surface area contributed by atoms with Gasteiger partial charge in [0, 0.05) is 18.9 Å². The summed E-state index contributed by atoms with van der Waals surface area (Å²) in [6.45, 7) is 0.730. The number of likely N-dealkylation sites (tertiary alicyclic amines) is 1. The molecule has 0 spiro atoms. The van der Waals surface area contributed by atoms with Crippen LogP contribution in [0.4, 0.5) is 0 Å². The highest BCUT2D eigenvalue weighted by molar-refractivity contribution is 7.99. The van der Waals surface area contributed by atoms with Gasteiger partial charge in [0.15, 0.2) is 0 Å². The molecule has 3 aliphatic rings. The van der Waals surface area contributed by atoms with Crippen LogP contribution in [0.15, 0.2) is 12.2 Å². The van der Waals surface area contributed by atoms with E-state index in [0.717, 1.165) is 24.3 Å². The SMILES string of the molecule is O=C1C2C3C=CC(C3)C2C(=O)N1CCSCCCO. The minimum atomic E-state index is -0.0649. The molecule has 1 heterocycles. The number of aliphatic hydroxyl groups excluding tert-OH is 1. The quantitative estimate of drug-likeness (QED) is 0.447. The van der Waals surface area contributed by atoms with Crippen molar-refractivity contribution in [2.24, 2.45) is 23.7 Å². The van der Waals surface area contributed by atoms with Crippen molar-refractivity contribution in [2.75, 3.05) is 24.7 Å². The van der Waals surface area contributed by atoms with Gasteiger partial charge in [0.05, 0.1) is 11.8 Å². The zero-order chi connectivity index (χ0) is 13.4. The average Bonchev–Trinajstić information content (AvgIpc) is 3.06. The van der Waals surface area contributed by atoms with Crippen molar-refractivity contribution in [3.63, 3.8) is 0 Å². The van der Waals surface area contributed by atoms with Crippen LogP contribution in [-0.2, 0) is 9.59 Å². The maximum Gasteiger partial charge on any atom is 0.233 e. The van der Waals surface area contributed by atoms with Gasteiger partial charge < -0.3 is 5.11 Å². The molecule has 2 fully saturated rings. The van der Waals surface area contributed by atoms with E-state index in [0.29, 0.717) is 18.4 Å². The van der Waals surface area contributed by atoms with E-state index in [4.69, 9.17) is 5.11 Å². The number of rotatable bonds is 6. The molecule has 104 valence electrons. The summed E-state index contributed by atoms with van der Waals surface area (Å²) >= 11 is 1.69. The first-order valence-corrected chi connectivity index (χ1v) is 8.11. The smallest absolute Gasteiger partial charge is 0.233 e. The predicted molar refractivity (Wildman–Crippen MR) is 73.5 cm³/mol. The summed E-state index contributed by atoms with van der Waals surface area (Å²) in [7, 11) is 0. The molecule has 1 aliphatic heterocycles. The molecule has 5 heteroatoms. The summed E-state index contributed by atoms with van der Waals surface area (Å²) in [4.78, 5) is 26.1. The van der Waals surface area contributed by atoms with Crippen LogP contribution in [0, 0.1) is 23.7 Å². The van der Waals surface area contributed by atoms with Crippen molar-refractivity contribution in [3.8, 4) is 0 Å². The van der Waals surface area contributed by atoms with Gasteiger partial charge in [0.2, 0.25) is 11.8 Å². The molecular weight excluding hydrogens is 262 g/mol. The molecule has 0 aromatic heterocycles. The van der Waals surface area contributed by atoms with E-state index >= 15 is 0 Å². The zero-order valence-electron chi connectivity index (χ0n) is 10.8. The lowest BCUT2D eigenvalue weighted by atomic mass is 9.85. The highest BCUT2D eigenvalue weighted by Crippen LogP contribution is 2.52. The summed E-state index contributed by atoms with van der Waals surface area (Å²) < 4.78 is 0. The normalized spacial score (nSPS) is 35.5. The highest BCUT2D eigenvalue weighted by atomic mass is 32.2. The first-order chi connectivity index (χ1) is 9.24. The van der Waals surface area contributed by atoms with E-state index in [1.165, 1.54) is 4.90 Å². The molecule has 1 N–H and O–H groups in total. The van der Waals surface area contributed by atoms with Crippen molar-refractivity contribution in [1.29, 1.82) is 0 Å². The molecule has 2 bridgehead atoms. The number of nitrogens with zero attached hydrogens (tertiary/aromatic N) is 1. The van der Waals surface area contributed by atoms with Crippen LogP contribution in [0.2, 0.25) is 0 Å². The zero-order valence-corrected chi connectivity index (χ0v) is 11.6. The summed E-state index contributed by atoms with van der Waals surface area (Å²) in [6.07, 6.45) is 6.00. The van der Waals surface area contributed by atoms with Crippen molar-refractivity contribution >= 4 is 23.6 Å². The minimum absolute atomic E-state index is 0.0506. The maximum atomic E-state index is 12.3. The number of hydrogen-bond acceptors (Lipinski definition) is 4. The number of carbonyl (C=O) groups excluding carboxylic acids is 2. The second-order valence-corrected chi connectivity index (χ2v) is 6.74. The van der Waals surface area contributed by atoms with Crippen LogP contribution in [0.1, 0.15) is 12.8 Å². The van der Waals surface area contributed by atoms with E-state index in [1.807, 2.05) is 0 Å². The molecule has 4 atom stereocenters. The molecule has 2 amide bonds. The third kappa shape index (κ3) is 2.13. The van der Waals surface area contributed by atoms with Crippen LogP contribution in [0.25, 0.3) is 0 Å². The van der Waals surface area contributed by atoms with Crippen LogP contribution in [-0.4, -0.2) is 46.5 Å². The molecule has 0 aromatic carbocycles. The molecule has 2 aliphatic carbocycles. The Labute approximate surface area is 117 Å². The Morgan fingerprint density at radius 1 is 1.16 bits per heavy atom. The molecule has 4 nitrogen and oxygen atoms in total. The molecule has 4 unspecified atom stereocenters. The molecular formula is C14H19NO3S. The third-order valence-corrected chi connectivity index (χ3v) is 5.52. The third-order valence-electron chi connectivity index (χ3n) is 4.47. The number of hydrogen-bond donors (Lipinski definition) is 1. The van der Waals surface area contributed by atoms with Crippen LogP contribution in [0.3, 0.4) is 0 Å². The largest absolute Gasteiger partial charge is 0.396 e. The minimum Gasteiger partial charge on any atom is -0.396 e. The summed E-state index contributed by atoms with van der Waals surface area (Å²) in [5.74, 6) is 2.24. The lowest BCUT2D eigenvalue weighted by Crippen LogP contribution is -2.34. The highest BCUT2D eigenvalue weighted by Gasteiger charge is 2.58. The van der Waals surface area contributed by atoms with E-state index in [9.17, 15) is 9.59 Å². The average molecular weight is 281 g/mol. The van der Waals surface area contributed by atoms with Gasteiger partial charge >= 0.3 is 0 Å². The summed E-state index contributed by atoms with van der Waals surface area (Å²) in [5, 5.41) is 8.70. The Balaban J connectivity index is 1.57. The fraction of sp³-hybridized carbons (Fsp3) is 0.714. The van der Waals surface area contributed by atoms with E-state index < -0.39 is 0 Å². The van der Waals surface area contributed by atoms with Crippen molar-refractivity contribution in [1.82, 2.24) is 4.90 Å². The molecule has 3 rings (SSSR count). The van der Waals surface area contributed by atoms with Gasteiger partial charge in [-0.15, -0.1) is 0 Å². The van der Waals surface area contributed by atoms with Crippen molar-refractivity contribution in [3.05, 3.63) is 12.2 Å². The molecule has 0 aromatic rings. The standard InChI is InChI=1S/C14H19NO3S/c16-5-1-6-19-7-4-15-13(17)11-9-2-3-10(8-9)12(11)14(15)18/h2-3,9-12,16H,1,4-8H2. The Hall–Kier alpha value is -0.810. The Morgan fingerprint density at radius 3 is 2.37 bits per heavy atom. The monoisotopic (exact) mass is 281 g/mol. The molecule has 19 heavy (non-hydrogen) atoms. The second kappa shape index (κ2) is 5.29. The lowest BCUT2D eigenvalue weighted by molar-refractivity contribution is -0.140. The fourth-order valence-electron chi connectivity index (χ4n) is 3.61. The molecule has 1 saturated heterocycles. The maximum absolute atomic E-state index is 12.3. The number of carbonyl (C=O) groups is 2. The van der Waals surface area contributed by atoms with Crippen LogP contribution in [0.5, 0.6) is 0 Å². The van der Waals surface area contributed by atoms with Gasteiger partial charge in [-0.25, -0.2) is 0 Å². The lowest BCUT2D eigenvalue weighted by Gasteiger charge is -2.16. The van der Waals surface area contributed by atoms with Gasteiger partial charge in [-0.2, -0.15) is 11.8 Å². The Bertz CT molecular complexity index is 393. The Morgan fingerprint density at radius 2 is 1.79 bits per heavy atom. The van der Waals surface area contributed by atoms with Gasteiger partial charge in [0.25, 0.3) is 0 Å². The number of thioether (sulfide) groups is 1. The number of aliphatic hydroxyl groups is 1. The van der Waals surface area contributed by atoms with Crippen LogP contribution >= 0.6 is 11.8 Å². The topological polar surface area (TPSA) is 57.6 Å². The van der Waals surface area contributed by atoms with E-state index in [-0.39, 0.29) is 30.3 Å². The van der Waals surface area contributed by atoms with Crippen LogP contribution < -0.4 is 0 Å². The molecule has 1 saturated carbocycles.